The second kappa shape index (κ2) is 13.9. The summed E-state index contributed by atoms with van der Waals surface area (Å²) < 4.78 is 0. The monoisotopic (exact) mass is 191 g/mol. The van der Waals surface area contributed by atoms with Gasteiger partial charge in [-0.3, -0.25) is 0 Å². The molecule has 0 rings (SSSR count). The molecule has 76 valence electrons. The molecule has 2 heteroatoms. The van der Waals surface area contributed by atoms with Crippen LogP contribution in [0, 0.1) is 0 Å². The maximum Gasteiger partial charge on any atom is -0.00773 e. The Labute approximate surface area is 84.6 Å². The van der Waals surface area contributed by atoms with E-state index in [0.717, 1.165) is 6.54 Å². The predicted molar refractivity (Wildman–Crippen MR) is 62.0 cm³/mol. The fraction of sp³-hybridized carbons (Fsp3) is 1.00. The van der Waals surface area contributed by atoms with Gasteiger partial charge in [0, 0.05) is 0 Å². The Morgan fingerprint density at radius 1 is 0.750 bits per heavy atom. The smallest absolute Gasteiger partial charge is 0.00773 e. The lowest BCUT2D eigenvalue weighted by atomic mass is 10.1. The van der Waals surface area contributed by atoms with E-state index >= 15 is 0 Å². The van der Waals surface area contributed by atoms with Gasteiger partial charge in [-0.2, -0.15) is 13.5 Å². The summed E-state index contributed by atoms with van der Waals surface area (Å²) in [4.78, 5) is 0. The Balaban J connectivity index is 0. The maximum atomic E-state index is 5.39. The van der Waals surface area contributed by atoms with Crippen LogP contribution in [0.2, 0.25) is 0 Å². The normalized spacial score (nSPS) is 9.50. The van der Waals surface area contributed by atoms with E-state index in [1.54, 1.807) is 0 Å². The molecular formula is C10H25NS. The lowest BCUT2D eigenvalue weighted by Gasteiger charge is -1.99. The highest BCUT2D eigenvalue weighted by Gasteiger charge is 1.89. The van der Waals surface area contributed by atoms with Crippen LogP contribution in [0.3, 0.4) is 0 Å². The molecule has 0 aromatic carbocycles. The van der Waals surface area contributed by atoms with Crippen molar-refractivity contribution in [2.45, 2.75) is 58.3 Å². The van der Waals surface area contributed by atoms with Crippen molar-refractivity contribution in [3.8, 4) is 0 Å². The van der Waals surface area contributed by atoms with Gasteiger partial charge in [0.15, 0.2) is 0 Å². The summed E-state index contributed by atoms with van der Waals surface area (Å²) in [6.45, 7) is 3.13. The van der Waals surface area contributed by atoms with Crippen LogP contribution in [0.4, 0.5) is 0 Å². The van der Waals surface area contributed by atoms with Crippen LogP contribution < -0.4 is 5.73 Å². The van der Waals surface area contributed by atoms with Gasteiger partial charge < -0.3 is 5.73 Å². The quantitative estimate of drug-likeness (QED) is 0.586. The third-order valence-corrected chi connectivity index (χ3v) is 2.06. The topological polar surface area (TPSA) is 26.0 Å². The van der Waals surface area contributed by atoms with Gasteiger partial charge in [0.1, 0.15) is 0 Å². The third-order valence-electron chi connectivity index (χ3n) is 2.06. The average Bonchev–Trinajstić information content (AvgIpc) is 2.03. The minimum atomic E-state index is 0. The van der Waals surface area contributed by atoms with E-state index in [4.69, 9.17) is 5.73 Å². The number of unbranched alkanes of at least 4 members (excludes halogenated alkanes) is 7. The van der Waals surface area contributed by atoms with Crippen LogP contribution in [0.25, 0.3) is 0 Å². The summed E-state index contributed by atoms with van der Waals surface area (Å²) in [5.41, 5.74) is 5.39. The minimum Gasteiger partial charge on any atom is -0.330 e. The van der Waals surface area contributed by atoms with Crippen molar-refractivity contribution in [2.24, 2.45) is 5.73 Å². The number of rotatable bonds is 8. The molecule has 0 aliphatic carbocycles. The van der Waals surface area contributed by atoms with Crippen molar-refractivity contribution in [3.63, 3.8) is 0 Å². The molecule has 0 saturated carbocycles. The lowest BCUT2D eigenvalue weighted by molar-refractivity contribution is 0.578. The fourth-order valence-electron chi connectivity index (χ4n) is 1.28. The number of hydrogen-bond donors (Lipinski definition) is 1. The van der Waals surface area contributed by atoms with Crippen molar-refractivity contribution in [1.82, 2.24) is 0 Å². The maximum absolute atomic E-state index is 5.39. The molecule has 0 bridgehead atoms. The molecule has 0 radical (unpaired) electrons. The molecule has 0 unspecified atom stereocenters. The van der Waals surface area contributed by atoms with Crippen molar-refractivity contribution < 1.29 is 0 Å². The molecule has 0 aromatic heterocycles. The molecule has 0 spiro atoms. The largest absolute Gasteiger partial charge is 0.330 e. The van der Waals surface area contributed by atoms with Gasteiger partial charge in [-0.25, -0.2) is 0 Å². The summed E-state index contributed by atoms with van der Waals surface area (Å²) in [5.74, 6) is 0. The summed E-state index contributed by atoms with van der Waals surface area (Å²) in [7, 11) is 0. The highest BCUT2D eigenvalue weighted by atomic mass is 32.1. The summed E-state index contributed by atoms with van der Waals surface area (Å²) in [5, 5.41) is 0. The molecule has 1 nitrogen and oxygen atoms in total. The third kappa shape index (κ3) is 12.9. The summed E-state index contributed by atoms with van der Waals surface area (Å²) in [6.07, 6.45) is 11.0. The molecule has 0 amide bonds. The van der Waals surface area contributed by atoms with E-state index < -0.39 is 0 Å². The Hall–Kier alpha value is 0.310. The van der Waals surface area contributed by atoms with Gasteiger partial charge in [-0.1, -0.05) is 51.9 Å². The molecular weight excluding hydrogens is 166 g/mol. The second-order valence-corrected chi connectivity index (χ2v) is 3.26. The lowest BCUT2D eigenvalue weighted by Crippen LogP contribution is -1.97. The number of hydrogen-bond acceptors (Lipinski definition) is 1. The van der Waals surface area contributed by atoms with E-state index in [1.165, 1.54) is 51.4 Å². The molecule has 0 aliphatic heterocycles. The first-order valence-corrected chi connectivity index (χ1v) is 5.12. The van der Waals surface area contributed by atoms with Crippen molar-refractivity contribution in [3.05, 3.63) is 0 Å². The van der Waals surface area contributed by atoms with Crippen LogP contribution in [-0.2, 0) is 0 Å². The van der Waals surface area contributed by atoms with Gasteiger partial charge in [0.05, 0.1) is 0 Å². The standard InChI is InChI=1S/C10H23N.H2S/c1-2-3-4-5-6-7-8-9-10-11;/h2-11H2,1H3;1H2. The van der Waals surface area contributed by atoms with E-state index in [-0.39, 0.29) is 13.5 Å². The van der Waals surface area contributed by atoms with Gasteiger partial charge in [0.2, 0.25) is 0 Å². The Morgan fingerprint density at radius 2 is 1.17 bits per heavy atom. The van der Waals surface area contributed by atoms with Gasteiger partial charge >= 0.3 is 0 Å². The highest BCUT2D eigenvalue weighted by Crippen LogP contribution is 2.07. The molecule has 0 fully saturated rings. The first-order chi connectivity index (χ1) is 5.41. The Kier molecular flexibility index (Phi) is 17.1. The van der Waals surface area contributed by atoms with Crippen molar-refractivity contribution in [2.75, 3.05) is 6.54 Å². The molecule has 0 atom stereocenters. The molecule has 12 heavy (non-hydrogen) atoms. The SMILES string of the molecule is CCCCCCCCCCN.S. The van der Waals surface area contributed by atoms with Crippen LogP contribution in [0.15, 0.2) is 0 Å². The zero-order valence-electron chi connectivity index (χ0n) is 8.44. The van der Waals surface area contributed by atoms with E-state index in [9.17, 15) is 0 Å². The molecule has 0 aliphatic rings. The van der Waals surface area contributed by atoms with E-state index in [0.29, 0.717) is 0 Å². The van der Waals surface area contributed by atoms with E-state index in [2.05, 4.69) is 6.92 Å². The zero-order valence-corrected chi connectivity index (χ0v) is 9.44. The first kappa shape index (κ1) is 14.8. The fourth-order valence-corrected chi connectivity index (χ4v) is 1.28. The molecule has 2 N–H and O–H groups in total. The summed E-state index contributed by atoms with van der Waals surface area (Å²) >= 11 is 0. The average molecular weight is 191 g/mol. The van der Waals surface area contributed by atoms with Crippen LogP contribution in [-0.4, -0.2) is 6.54 Å². The highest BCUT2D eigenvalue weighted by molar-refractivity contribution is 7.59. The van der Waals surface area contributed by atoms with Gasteiger partial charge in [-0.15, -0.1) is 0 Å². The minimum absolute atomic E-state index is 0. The first-order valence-electron chi connectivity index (χ1n) is 5.12. The van der Waals surface area contributed by atoms with Crippen LogP contribution in [0.1, 0.15) is 58.3 Å². The molecule has 0 aromatic rings. The molecule has 0 saturated heterocycles. The number of nitrogens with two attached hydrogens (primary N) is 1. The van der Waals surface area contributed by atoms with Gasteiger partial charge in [0.25, 0.3) is 0 Å². The van der Waals surface area contributed by atoms with E-state index in [1.807, 2.05) is 0 Å². The van der Waals surface area contributed by atoms with Crippen LogP contribution >= 0.6 is 13.5 Å². The van der Waals surface area contributed by atoms with Gasteiger partial charge in [-0.05, 0) is 13.0 Å². The summed E-state index contributed by atoms with van der Waals surface area (Å²) in [6, 6.07) is 0. The zero-order chi connectivity index (χ0) is 8.36. The second-order valence-electron chi connectivity index (χ2n) is 3.26. The Morgan fingerprint density at radius 3 is 1.58 bits per heavy atom. The van der Waals surface area contributed by atoms with Crippen molar-refractivity contribution in [1.29, 1.82) is 0 Å². The molecule has 0 heterocycles. The Bertz CT molecular complexity index is 58.9. The van der Waals surface area contributed by atoms with Crippen LogP contribution in [0.5, 0.6) is 0 Å². The van der Waals surface area contributed by atoms with Crippen molar-refractivity contribution >= 4 is 13.5 Å². The predicted octanol–water partition coefficient (Wildman–Crippen LogP) is 3.20.